The Bertz CT molecular complexity index is 606. The first-order chi connectivity index (χ1) is 10.1. The van der Waals surface area contributed by atoms with Gasteiger partial charge in [-0.25, -0.2) is 8.78 Å². The van der Waals surface area contributed by atoms with Crippen molar-refractivity contribution in [1.29, 1.82) is 0 Å². The Morgan fingerprint density at radius 2 is 1.67 bits per heavy atom. The summed E-state index contributed by atoms with van der Waals surface area (Å²) in [6.45, 7) is 0.402. The topological polar surface area (TPSA) is 55.1 Å². The Kier molecular flexibility index (Phi) is 4.87. The molecule has 2 aromatic rings. The number of nitrogens with one attached hydrogen (secondary N) is 1. The summed E-state index contributed by atoms with van der Waals surface area (Å²) in [6.07, 6.45) is 0.325. The molecule has 0 saturated heterocycles. The molecular formula is C16H16F2N2O. The van der Waals surface area contributed by atoms with E-state index in [1.807, 2.05) is 12.1 Å². The summed E-state index contributed by atoms with van der Waals surface area (Å²) in [5, 5.41) is 2.65. The number of nitrogens with two attached hydrogens (primary N) is 1. The number of hydrogen-bond donors (Lipinski definition) is 2. The summed E-state index contributed by atoms with van der Waals surface area (Å²) < 4.78 is 26.8. The molecule has 0 saturated carbocycles. The average molecular weight is 290 g/mol. The van der Waals surface area contributed by atoms with Crippen molar-refractivity contribution in [3.8, 4) is 0 Å². The van der Waals surface area contributed by atoms with Gasteiger partial charge in [0.15, 0.2) is 0 Å². The van der Waals surface area contributed by atoms with Crippen molar-refractivity contribution in [2.75, 3.05) is 12.3 Å². The summed E-state index contributed by atoms with van der Waals surface area (Å²) in [5.74, 6) is -1.82. The van der Waals surface area contributed by atoms with Gasteiger partial charge in [0.1, 0.15) is 11.6 Å². The van der Waals surface area contributed by atoms with Gasteiger partial charge in [0.25, 0.3) is 0 Å². The van der Waals surface area contributed by atoms with Crippen molar-refractivity contribution in [3.63, 3.8) is 0 Å². The lowest BCUT2D eigenvalue weighted by molar-refractivity contribution is -0.120. The Balaban J connectivity index is 1.84. The standard InChI is InChI=1S/C16H16F2N2O/c17-14-2-1-3-15(18)13(14)10-16(21)20-9-8-11-4-6-12(19)7-5-11/h1-7H,8-10,19H2,(H,20,21). The van der Waals surface area contributed by atoms with Crippen LogP contribution < -0.4 is 11.1 Å². The van der Waals surface area contributed by atoms with Crippen LogP contribution in [0.4, 0.5) is 14.5 Å². The average Bonchev–Trinajstić information content (AvgIpc) is 2.45. The lowest BCUT2D eigenvalue weighted by Gasteiger charge is -2.07. The van der Waals surface area contributed by atoms with Crippen LogP contribution in [-0.2, 0) is 17.6 Å². The van der Waals surface area contributed by atoms with E-state index in [2.05, 4.69) is 5.32 Å². The van der Waals surface area contributed by atoms with Crippen molar-refractivity contribution in [2.45, 2.75) is 12.8 Å². The lowest BCUT2D eigenvalue weighted by atomic mass is 10.1. The van der Waals surface area contributed by atoms with Gasteiger partial charge >= 0.3 is 0 Å². The Morgan fingerprint density at radius 1 is 1.05 bits per heavy atom. The van der Waals surface area contributed by atoms with Crippen LogP contribution in [-0.4, -0.2) is 12.5 Å². The van der Waals surface area contributed by atoms with Gasteiger partial charge in [-0.1, -0.05) is 18.2 Å². The van der Waals surface area contributed by atoms with Gasteiger partial charge in [-0.05, 0) is 36.2 Å². The summed E-state index contributed by atoms with van der Waals surface area (Å²) in [5.41, 5.74) is 7.08. The smallest absolute Gasteiger partial charge is 0.224 e. The van der Waals surface area contributed by atoms with Gasteiger partial charge in [-0.3, -0.25) is 4.79 Å². The van der Waals surface area contributed by atoms with E-state index in [1.54, 1.807) is 12.1 Å². The molecule has 110 valence electrons. The molecule has 21 heavy (non-hydrogen) atoms. The number of hydrogen-bond acceptors (Lipinski definition) is 2. The number of carbonyl (C=O) groups is 1. The molecule has 0 aliphatic carbocycles. The molecule has 2 rings (SSSR count). The van der Waals surface area contributed by atoms with Crippen LogP contribution in [0.2, 0.25) is 0 Å². The largest absolute Gasteiger partial charge is 0.399 e. The zero-order valence-corrected chi connectivity index (χ0v) is 11.4. The quantitative estimate of drug-likeness (QED) is 0.831. The molecule has 0 bridgehead atoms. The molecule has 0 heterocycles. The van der Waals surface area contributed by atoms with E-state index in [0.717, 1.165) is 17.7 Å². The van der Waals surface area contributed by atoms with E-state index in [9.17, 15) is 13.6 Å². The normalized spacial score (nSPS) is 10.4. The van der Waals surface area contributed by atoms with Gasteiger partial charge in [-0.15, -0.1) is 0 Å². The van der Waals surface area contributed by atoms with Crippen LogP contribution >= 0.6 is 0 Å². The first-order valence-electron chi connectivity index (χ1n) is 6.60. The molecule has 0 spiro atoms. The van der Waals surface area contributed by atoms with Crippen LogP contribution in [0.1, 0.15) is 11.1 Å². The summed E-state index contributed by atoms with van der Waals surface area (Å²) in [4.78, 5) is 11.7. The Morgan fingerprint density at radius 3 is 2.29 bits per heavy atom. The number of rotatable bonds is 5. The lowest BCUT2D eigenvalue weighted by Crippen LogP contribution is -2.27. The number of amides is 1. The highest BCUT2D eigenvalue weighted by atomic mass is 19.1. The monoisotopic (exact) mass is 290 g/mol. The fourth-order valence-electron chi connectivity index (χ4n) is 1.95. The first kappa shape index (κ1) is 15.0. The fourth-order valence-corrected chi connectivity index (χ4v) is 1.95. The van der Waals surface area contributed by atoms with Gasteiger partial charge in [0.05, 0.1) is 6.42 Å². The van der Waals surface area contributed by atoms with E-state index in [-0.39, 0.29) is 12.0 Å². The van der Waals surface area contributed by atoms with Gasteiger partial charge < -0.3 is 11.1 Å². The predicted octanol–water partition coefficient (Wildman–Crippen LogP) is 2.45. The molecule has 0 unspecified atom stereocenters. The molecule has 1 amide bonds. The Labute approximate surface area is 121 Å². The molecular weight excluding hydrogens is 274 g/mol. The second-order valence-corrected chi connectivity index (χ2v) is 4.72. The van der Waals surface area contributed by atoms with Crippen molar-refractivity contribution in [2.24, 2.45) is 0 Å². The third-order valence-electron chi connectivity index (χ3n) is 3.11. The van der Waals surface area contributed by atoms with E-state index in [4.69, 9.17) is 5.73 Å². The molecule has 0 aliphatic heterocycles. The molecule has 0 radical (unpaired) electrons. The Hall–Kier alpha value is -2.43. The van der Waals surface area contributed by atoms with Gasteiger partial charge in [-0.2, -0.15) is 0 Å². The minimum atomic E-state index is -0.705. The molecule has 0 fully saturated rings. The zero-order chi connectivity index (χ0) is 15.2. The summed E-state index contributed by atoms with van der Waals surface area (Å²) in [7, 11) is 0. The SMILES string of the molecule is Nc1ccc(CCNC(=O)Cc2c(F)cccc2F)cc1. The van der Waals surface area contributed by atoms with Crippen LogP contribution in [0, 0.1) is 11.6 Å². The highest BCUT2D eigenvalue weighted by Crippen LogP contribution is 2.12. The van der Waals surface area contributed by atoms with Crippen LogP contribution in [0.3, 0.4) is 0 Å². The minimum Gasteiger partial charge on any atom is -0.399 e. The molecule has 5 heteroatoms. The van der Waals surface area contributed by atoms with E-state index in [0.29, 0.717) is 18.7 Å². The van der Waals surface area contributed by atoms with Gasteiger partial charge in [0, 0.05) is 17.8 Å². The zero-order valence-electron chi connectivity index (χ0n) is 11.4. The van der Waals surface area contributed by atoms with E-state index >= 15 is 0 Å². The van der Waals surface area contributed by atoms with Crippen molar-refractivity contribution in [1.82, 2.24) is 5.32 Å². The maximum Gasteiger partial charge on any atom is 0.224 e. The fraction of sp³-hybridized carbons (Fsp3) is 0.188. The van der Waals surface area contributed by atoms with Crippen LogP contribution in [0.15, 0.2) is 42.5 Å². The molecule has 3 nitrogen and oxygen atoms in total. The van der Waals surface area contributed by atoms with Crippen molar-refractivity contribution in [3.05, 3.63) is 65.2 Å². The predicted molar refractivity (Wildman–Crippen MR) is 77.6 cm³/mol. The van der Waals surface area contributed by atoms with E-state index < -0.39 is 17.5 Å². The molecule has 3 N–H and O–H groups in total. The number of carbonyl (C=O) groups excluding carboxylic acids is 1. The second-order valence-electron chi connectivity index (χ2n) is 4.72. The van der Waals surface area contributed by atoms with Crippen molar-refractivity contribution >= 4 is 11.6 Å². The number of nitrogen functional groups attached to an aromatic ring is 1. The van der Waals surface area contributed by atoms with Crippen LogP contribution in [0.5, 0.6) is 0 Å². The first-order valence-corrected chi connectivity index (χ1v) is 6.60. The van der Waals surface area contributed by atoms with Gasteiger partial charge in [0.2, 0.25) is 5.91 Å². The number of benzene rings is 2. The highest BCUT2D eigenvalue weighted by molar-refractivity contribution is 5.78. The second kappa shape index (κ2) is 6.83. The number of halogens is 2. The molecule has 0 aromatic heterocycles. The molecule has 0 aliphatic rings. The van der Waals surface area contributed by atoms with Crippen molar-refractivity contribution < 1.29 is 13.6 Å². The number of anilines is 1. The summed E-state index contributed by atoms with van der Waals surface area (Å²) >= 11 is 0. The molecule has 0 atom stereocenters. The summed E-state index contributed by atoms with van der Waals surface area (Å²) in [6, 6.07) is 10.9. The maximum atomic E-state index is 13.4. The molecule has 2 aromatic carbocycles. The van der Waals surface area contributed by atoms with Crippen LogP contribution in [0.25, 0.3) is 0 Å². The van der Waals surface area contributed by atoms with E-state index in [1.165, 1.54) is 6.07 Å². The minimum absolute atomic E-state index is 0.206. The highest BCUT2D eigenvalue weighted by Gasteiger charge is 2.12. The third-order valence-corrected chi connectivity index (χ3v) is 3.11. The third kappa shape index (κ3) is 4.27. The maximum absolute atomic E-state index is 13.4.